The number of anilines is 2. The van der Waals surface area contributed by atoms with Gasteiger partial charge in [-0.1, -0.05) is 0 Å². The van der Waals surface area contributed by atoms with Crippen molar-refractivity contribution in [2.75, 3.05) is 30.3 Å². The number of nitrogens with two attached hydrogens (primary N) is 1. The topological polar surface area (TPSA) is 58.8 Å². The number of amides is 1. The van der Waals surface area contributed by atoms with Gasteiger partial charge in [-0.3, -0.25) is 0 Å². The Labute approximate surface area is 136 Å². The molecule has 0 bridgehead atoms. The van der Waals surface area contributed by atoms with Gasteiger partial charge in [0.05, 0.1) is 11.7 Å². The van der Waals surface area contributed by atoms with Crippen LogP contribution in [-0.4, -0.2) is 42.3 Å². The Morgan fingerprint density at radius 3 is 2.74 bits per heavy atom. The van der Waals surface area contributed by atoms with E-state index in [0.717, 1.165) is 13.0 Å². The van der Waals surface area contributed by atoms with E-state index in [0.29, 0.717) is 30.4 Å². The van der Waals surface area contributed by atoms with E-state index in [-0.39, 0.29) is 18.0 Å². The Hall–Kier alpha value is -1.98. The van der Waals surface area contributed by atoms with Crippen LogP contribution in [0.2, 0.25) is 0 Å². The molecule has 3 rings (SSSR count). The summed E-state index contributed by atoms with van der Waals surface area (Å²) in [5.74, 6) is 0.0563. The van der Waals surface area contributed by atoms with Gasteiger partial charge in [0.1, 0.15) is 11.4 Å². The highest BCUT2D eigenvalue weighted by atomic mass is 19.1. The maximum atomic E-state index is 14.2. The summed E-state index contributed by atoms with van der Waals surface area (Å²) in [6, 6.07) is 4.93. The number of halogens is 1. The number of carbonyl (C=O) groups excluding carboxylic acids is 1. The third kappa shape index (κ3) is 3.21. The molecule has 0 aromatic heterocycles. The first kappa shape index (κ1) is 15.9. The number of ether oxygens (including phenoxy) is 1. The van der Waals surface area contributed by atoms with Crippen LogP contribution in [0.15, 0.2) is 18.2 Å². The van der Waals surface area contributed by atoms with Crippen LogP contribution in [0.3, 0.4) is 0 Å². The zero-order chi connectivity index (χ0) is 16.8. The maximum absolute atomic E-state index is 14.2. The molecule has 2 N–H and O–H groups in total. The van der Waals surface area contributed by atoms with Gasteiger partial charge in [-0.25, -0.2) is 9.18 Å². The van der Waals surface area contributed by atoms with Gasteiger partial charge in [-0.15, -0.1) is 0 Å². The maximum Gasteiger partial charge on any atom is 0.410 e. The van der Waals surface area contributed by atoms with Crippen molar-refractivity contribution >= 4 is 17.5 Å². The minimum Gasteiger partial charge on any atom is -0.444 e. The Balaban J connectivity index is 1.73. The molecule has 0 spiro atoms. The van der Waals surface area contributed by atoms with Crippen molar-refractivity contribution in [3.05, 3.63) is 24.0 Å². The van der Waals surface area contributed by atoms with Crippen LogP contribution in [0.4, 0.5) is 20.6 Å². The van der Waals surface area contributed by atoms with E-state index in [1.54, 1.807) is 17.0 Å². The highest BCUT2D eigenvalue weighted by Crippen LogP contribution is 2.37. The molecule has 2 unspecified atom stereocenters. The zero-order valence-electron chi connectivity index (χ0n) is 13.9. The van der Waals surface area contributed by atoms with Crippen molar-refractivity contribution in [3.8, 4) is 0 Å². The molecule has 5 nitrogen and oxygen atoms in total. The molecule has 23 heavy (non-hydrogen) atoms. The lowest BCUT2D eigenvalue weighted by Crippen LogP contribution is -2.39. The van der Waals surface area contributed by atoms with E-state index < -0.39 is 5.60 Å². The molecule has 2 aliphatic rings. The molecule has 0 radical (unpaired) electrons. The fourth-order valence-corrected chi connectivity index (χ4v) is 3.49. The minimum absolute atomic E-state index is 0.139. The van der Waals surface area contributed by atoms with Crippen LogP contribution in [0, 0.1) is 11.7 Å². The first-order valence-corrected chi connectivity index (χ1v) is 8.04. The van der Waals surface area contributed by atoms with Crippen LogP contribution >= 0.6 is 0 Å². The molecule has 1 amide bonds. The largest absolute Gasteiger partial charge is 0.444 e. The first-order valence-electron chi connectivity index (χ1n) is 8.04. The molecule has 126 valence electrons. The van der Waals surface area contributed by atoms with Crippen LogP contribution in [0.25, 0.3) is 0 Å². The van der Waals surface area contributed by atoms with E-state index >= 15 is 0 Å². The van der Waals surface area contributed by atoms with Crippen molar-refractivity contribution in [1.29, 1.82) is 0 Å². The predicted octanol–water partition coefficient (Wildman–Crippen LogP) is 2.85. The van der Waals surface area contributed by atoms with Gasteiger partial charge >= 0.3 is 6.09 Å². The molecule has 1 aromatic carbocycles. The zero-order valence-corrected chi connectivity index (χ0v) is 13.9. The molecular weight excluding hydrogens is 297 g/mol. The second-order valence-corrected chi connectivity index (χ2v) is 7.41. The average molecular weight is 321 g/mol. The molecule has 0 aliphatic carbocycles. The summed E-state index contributed by atoms with van der Waals surface area (Å²) in [5, 5.41) is 0. The molecule has 2 fully saturated rings. The van der Waals surface area contributed by atoms with Gasteiger partial charge < -0.3 is 20.3 Å². The van der Waals surface area contributed by atoms with Gasteiger partial charge in [0.15, 0.2) is 0 Å². The number of fused-ring (bicyclic) bond motifs is 1. The van der Waals surface area contributed by atoms with E-state index in [1.807, 2.05) is 20.8 Å². The van der Waals surface area contributed by atoms with Crippen molar-refractivity contribution < 1.29 is 13.9 Å². The lowest BCUT2D eigenvalue weighted by atomic mass is 10.0. The molecule has 2 saturated heterocycles. The van der Waals surface area contributed by atoms with Crippen LogP contribution in [0.1, 0.15) is 27.2 Å². The molecular formula is C17H24FN3O2. The predicted molar refractivity (Wildman–Crippen MR) is 87.9 cm³/mol. The monoisotopic (exact) mass is 321 g/mol. The van der Waals surface area contributed by atoms with Gasteiger partial charge in [0.2, 0.25) is 0 Å². The summed E-state index contributed by atoms with van der Waals surface area (Å²) in [6.07, 6.45) is 0.665. The fraction of sp³-hybridized carbons (Fsp3) is 0.588. The third-order valence-electron chi connectivity index (χ3n) is 4.48. The van der Waals surface area contributed by atoms with E-state index in [9.17, 15) is 9.18 Å². The first-order chi connectivity index (χ1) is 10.7. The normalized spacial score (nSPS) is 24.0. The Bertz CT molecular complexity index is 614. The number of nitrogen functional groups attached to an aromatic ring is 1. The van der Waals surface area contributed by atoms with Crippen molar-refractivity contribution in [1.82, 2.24) is 4.90 Å². The van der Waals surface area contributed by atoms with E-state index in [2.05, 4.69) is 4.90 Å². The van der Waals surface area contributed by atoms with Gasteiger partial charge in [0, 0.05) is 31.2 Å². The number of hydrogen-bond acceptors (Lipinski definition) is 4. The Morgan fingerprint density at radius 1 is 1.35 bits per heavy atom. The van der Waals surface area contributed by atoms with Crippen LogP contribution in [-0.2, 0) is 4.74 Å². The van der Waals surface area contributed by atoms with Crippen molar-refractivity contribution in [3.63, 3.8) is 0 Å². The number of nitrogens with zero attached hydrogens (tertiary/aromatic N) is 2. The minimum atomic E-state index is -0.502. The van der Waals surface area contributed by atoms with Crippen molar-refractivity contribution in [2.24, 2.45) is 5.92 Å². The van der Waals surface area contributed by atoms with Gasteiger partial charge in [-0.2, -0.15) is 0 Å². The molecule has 6 heteroatoms. The number of hydrogen-bond donors (Lipinski definition) is 1. The number of rotatable bonds is 1. The number of carbonyl (C=O) groups is 1. The summed E-state index contributed by atoms with van der Waals surface area (Å²) in [6.45, 7) is 7.63. The fourth-order valence-electron chi connectivity index (χ4n) is 3.49. The summed E-state index contributed by atoms with van der Waals surface area (Å²) in [7, 11) is 0. The Kier molecular flexibility index (Phi) is 3.86. The highest BCUT2D eigenvalue weighted by Gasteiger charge is 2.44. The third-order valence-corrected chi connectivity index (χ3v) is 4.48. The molecule has 2 atom stereocenters. The standard InChI is InChI=1S/C17H24FN3O2/c1-17(2,3)23-16(22)20-9-11-6-7-21(15(11)10-20)14-5-4-12(19)8-13(14)18/h4-5,8,11,15H,6-7,9-10,19H2,1-3H3. The number of benzene rings is 1. The second-order valence-electron chi connectivity index (χ2n) is 7.41. The van der Waals surface area contributed by atoms with E-state index in [4.69, 9.17) is 10.5 Å². The molecule has 2 aliphatic heterocycles. The van der Waals surface area contributed by atoms with Crippen LogP contribution in [0.5, 0.6) is 0 Å². The average Bonchev–Trinajstić information content (AvgIpc) is 2.97. The second kappa shape index (κ2) is 5.58. The lowest BCUT2D eigenvalue weighted by molar-refractivity contribution is 0.0284. The Morgan fingerprint density at radius 2 is 2.09 bits per heavy atom. The smallest absolute Gasteiger partial charge is 0.410 e. The molecule has 1 aromatic rings. The quantitative estimate of drug-likeness (QED) is 0.808. The number of likely N-dealkylation sites (tertiary alicyclic amines) is 1. The lowest BCUT2D eigenvalue weighted by Gasteiger charge is -2.28. The van der Waals surface area contributed by atoms with Gasteiger partial charge in [-0.05, 0) is 45.4 Å². The van der Waals surface area contributed by atoms with Crippen molar-refractivity contribution in [2.45, 2.75) is 38.8 Å². The van der Waals surface area contributed by atoms with Crippen LogP contribution < -0.4 is 10.6 Å². The molecule has 0 saturated carbocycles. The highest BCUT2D eigenvalue weighted by molar-refractivity contribution is 5.69. The SMILES string of the molecule is CC(C)(C)OC(=O)N1CC2CCN(c3ccc(N)cc3F)C2C1. The van der Waals surface area contributed by atoms with E-state index in [1.165, 1.54) is 6.07 Å². The van der Waals surface area contributed by atoms with Gasteiger partial charge in [0.25, 0.3) is 0 Å². The summed E-state index contributed by atoms with van der Waals surface area (Å²) < 4.78 is 19.7. The summed E-state index contributed by atoms with van der Waals surface area (Å²) in [5.41, 5.74) is 6.11. The molecule has 2 heterocycles. The summed E-state index contributed by atoms with van der Waals surface area (Å²) in [4.78, 5) is 16.0. The summed E-state index contributed by atoms with van der Waals surface area (Å²) >= 11 is 0.